The molecule has 0 fully saturated rings. The molecule has 0 amide bonds. The van der Waals surface area contributed by atoms with E-state index in [9.17, 15) is 13.6 Å². The van der Waals surface area contributed by atoms with E-state index in [0.29, 0.717) is 10.6 Å². The minimum Gasteiger partial charge on any atom is -0.481 e. The van der Waals surface area contributed by atoms with Crippen molar-refractivity contribution in [1.29, 1.82) is 0 Å². The van der Waals surface area contributed by atoms with Crippen LogP contribution in [0.5, 0.6) is 5.75 Å². The summed E-state index contributed by atoms with van der Waals surface area (Å²) in [5, 5.41) is 9.30. The third kappa shape index (κ3) is 3.81. The van der Waals surface area contributed by atoms with Crippen molar-refractivity contribution in [3.05, 3.63) is 28.3 Å². The van der Waals surface area contributed by atoms with Crippen LogP contribution in [0.25, 0.3) is 0 Å². The highest BCUT2D eigenvalue weighted by Gasteiger charge is 2.18. The number of hydrogen-bond acceptors (Lipinski definition) is 2. The Morgan fingerprint density at radius 3 is 2.59 bits per heavy atom. The van der Waals surface area contributed by atoms with Gasteiger partial charge in [0.1, 0.15) is 5.75 Å². The Morgan fingerprint density at radius 1 is 1.47 bits per heavy atom. The largest absolute Gasteiger partial charge is 0.481 e. The summed E-state index contributed by atoms with van der Waals surface area (Å²) < 4.78 is 28.6. The van der Waals surface area contributed by atoms with Crippen LogP contribution in [0.4, 0.5) is 8.78 Å². The van der Waals surface area contributed by atoms with Gasteiger partial charge in [-0.15, -0.1) is 0 Å². The second-order valence-corrected chi connectivity index (χ2v) is 4.05. The van der Waals surface area contributed by atoms with Crippen LogP contribution in [0.1, 0.15) is 11.1 Å². The monoisotopic (exact) mass is 328 g/mol. The van der Waals surface area contributed by atoms with Crippen LogP contribution in [0.2, 0.25) is 5.02 Å². The molecule has 0 saturated carbocycles. The summed E-state index contributed by atoms with van der Waals surface area (Å²) in [6, 6.07) is 2.63. The van der Waals surface area contributed by atoms with Gasteiger partial charge in [0.15, 0.2) is 0 Å². The van der Waals surface area contributed by atoms with Crippen LogP contribution in [0.3, 0.4) is 0 Å². The van der Waals surface area contributed by atoms with E-state index in [0.717, 1.165) is 0 Å². The van der Waals surface area contributed by atoms with E-state index < -0.39 is 19.0 Å². The zero-order valence-corrected chi connectivity index (χ0v) is 10.8. The highest BCUT2D eigenvalue weighted by molar-refractivity contribution is 9.08. The third-order valence-corrected chi connectivity index (χ3v) is 2.92. The molecule has 0 radical (unpaired) electrons. The average molecular weight is 330 g/mol. The second-order valence-electron chi connectivity index (χ2n) is 3.09. The number of rotatable bonds is 5. The van der Waals surface area contributed by atoms with Crippen molar-refractivity contribution in [2.45, 2.75) is 18.4 Å². The summed E-state index contributed by atoms with van der Waals surface area (Å²) in [5.41, 5.74) is 0.592. The summed E-state index contributed by atoms with van der Waals surface area (Å²) in [4.78, 5) is 10.7. The Morgan fingerprint density at radius 2 is 2.12 bits per heavy atom. The van der Waals surface area contributed by atoms with Gasteiger partial charge in [-0.2, -0.15) is 8.78 Å². The number of ether oxygens (including phenoxy) is 1. The number of benzene rings is 1. The van der Waals surface area contributed by atoms with Crippen LogP contribution in [0.15, 0.2) is 12.1 Å². The molecule has 0 heterocycles. The van der Waals surface area contributed by atoms with Crippen LogP contribution in [-0.4, -0.2) is 17.7 Å². The number of hydrogen-bond donors (Lipinski definition) is 1. The van der Waals surface area contributed by atoms with Crippen molar-refractivity contribution in [3.63, 3.8) is 0 Å². The predicted molar refractivity (Wildman–Crippen MR) is 62.1 cm³/mol. The number of carboxylic acids is 1. The van der Waals surface area contributed by atoms with Crippen molar-refractivity contribution in [2.24, 2.45) is 0 Å². The van der Waals surface area contributed by atoms with Crippen LogP contribution < -0.4 is 4.74 Å². The number of carboxylic acid groups (broad SMARTS) is 1. The van der Waals surface area contributed by atoms with E-state index in [2.05, 4.69) is 20.7 Å². The minimum absolute atomic E-state index is 0.155. The summed E-state index contributed by atoms with van der Waals surface area (Å²) in [6.45, 7) is -3.01. The molecule has 1 aromatic rings. The Balaban J connectivity index is 3.23. The van der Waals surface area contributed by atoms with E-state index in [1.165, 1.54) is 12.1 Å². The lowest BCUT2D eigenvalue weighted by molar-refractivity contribution is -0.136. The van der Waals surface area contributed by atoms with E-state index >= 15 is 0 Å². The zero-order valence-electron chi connectivity index (χ0n) is 8.42. The lowest BCUT2D eigenvalue weighted by atomic mass is 10.0. The van der Waals surface area contributed by atoms with E-state index in [1.54, 1.807) is 0 Å². The van der Waals surface area contributed by atoms with Gasteiger partial charge in [0.25, 0.3) is 0 Å². The first-order chi connectivity index (χ1) is 7.95. The van der Waals surface area contributed by atoms with Gasteiger partial charge in [-0.3, -0.25) is 4.79 Å². The van der Waals surface area contributed by atoms with Gasteiger partial charge >= 0.3 is 12.6 Å². The lowest BCUT2D eigenvalue weighted by Gasteiger charge is -2.14. The molecule has 1 rings (SSSR count). The Hall–Kier alpha value is -0.880. The fourth-order valence-electron chi connectivity index (χ4n) is 1.34. The molecule has 1 N–H and O–H groups in total. The number of carbonyl (C=O) groups is 1. The molecule has 0 spiro atoms. The first-order valence-electron chi connectivity index (χ1n) is 4.48. The molecule has 0 atom stereocenters. The summed E-state index contributed by atoms with van der Waals surface area (Å²) >= 11 is 8.98. The first-order valence-corrected chi connectivity index (χ1v) is 5.98. The van der Waals surface area contributed by atoms with Crippen molar-refractivity contribution >= 4 is 33.5 Å². The molecule has 3 nitrogen and oxygen atoms in total. The Labute approximate surface area is 109 Å². The van der Waals surface area contributed by atoms with Gasteiger partial charge in [-0.25, -0.2) is 0 Å². The normalized spacial score (nSPS) is 10.6. The first kappa shape index (κ1) is 14.2. The van der Waals surface area contributed by atoms with Crippen LogP contribution in [0, 0.1) is 0 Å². The zero-order chi connectivity index (χ0) is 13.0. The molecule has 0 aromatic heterocycles. The van der Waals surface area contributed by atoms with Gasteiger partial charge in [-0.1, -0.05) is 27.5 Å². The number of aliphatic carboxylic acids is 1. The summed E-state index contributed by atoms with van der Waals surface area (Å²) in [7, 11) is 0. The summed E-state index contributed by atoms with van der Waals surface area (Å²) in [6.07, 6.45) is -0.427. The average Bonchev–Trinajstić information content (AvgIpc) is 2.21. The molecule has 0 bridgehead atoms. The molecule has 17 heavy (non-hydrogen) atoms. The standard InChI is InChI=1S/C10H8BrClF2O3/c11-4-6-5(3-9(15)16)8(17-10(13)14)2-1-7(6)12/h1-2,10H,3-4H2,(H,15,16). The highest BCUT2D eigenvalue weighted by Crippen LogP contribution is 2.32. The van der Waals surface area contributed by atoms with Crippen molar-refractivity contribution in [2.75, 3.05) is 0 Å². The molecular weight excluding hydrogens is 321 g/mol. The second kappa shape index (κ2) is 6.16. The SMILES string of the molecule is O=C(O)Cc1c(OC(F)F)ccc(Cl)c1CBr. The van der Waals surface area contributed by atoms with E-state index in [-0.39, 0.29) is 16.6 Å². The fourth-order valence-corrected chi connectivity index (χ4v) is 2.38. The maximum Gasteiger partial charge on any atom is 0.387 e. The minimum atomic E-state index is -3.01. The third-order valence-electron chi connectivity index (χ3n) is 2.01. The Kier molecular flexibility index (Phi) is 5.14. The van der Waals surface area contributed by atoms with Crippen molar-refractivity contribution < 1.29 is 23.4 Å². The van der Waals surface area contributed by atoms with Crippen LogP contribution in [-0.2, 0) is 16.5 Å². The maximum atomic E-state index is 12.2. The van der Waals surface area contributed by atoms with Gasteiger partial charge in [0.05, 0.1) is 6.42 Å². The van der Waals surface area contributed by atoms with Gasteiger partial charge < -0.3 is 9.84 Å². The Bertz CT molecular complexity index is 426. The van der Waals surface area contributed by atoms with Crippen LogP contribution >= 0.6 is 27.5 Å². The van der Waals surface area contributed by atoms with E-state index in [1.807, 2.05) is 0 Å². The molecular formula is C10H8BrClF2O3. The van der Waals surface area contributed by atoms with Gasteiger partial charge in [-0.05, 0) is 17.7 Å². The molecule has 0 saturated heterocycles. The van der Waals surface area contributed by atoms with E-state index in [4.69, 9.17) is 16.7 Å². The lowest BCUT2D eigenvalue weighted by Crippen LogP contribution is -2.10. The van der Waals surface area contributed by atoms with Crippen molar-refractivity contribution in [3.8, 4) is 5.75 Å². The molecule has 0 unspecified atom stereocenters. The maximum absolute atomic E-state index is 12.2. The molecule has 0 aliphatic rings. The highest BCUT2D eigenvalue weighted by atomic mass is 79.9. The molecule has 1 aromatic carbocycles. The molecule has 7 heteroatoms. The van der Waals surface area contributed by atoms with Gasteiger partial charge in [0, 0.05) is 15.9 Å². The fraction of sp³-hybridized carbons (Fsp3) is 0.300. The quantitative estimate of drug-likeness (QED) is 0.842. The van der Waals surface area contributed by atoms with Gasteiger partial charge in [0.2, 0.25) is 0 Å². The smallest absolute Gasteiger partial charge is 0.387 e. The predicted octanol–water partition coefficient (Wildman–Crippen LogP) is 3.46. The topological polar surface area (TPSA) is 46.5 Å². The summed E-state index contributed by atoms with van der Waals surface area (Å²) in [5.74, 6) is -1.31. The molecule has 0 aliphatic heterocycles. The molecule has 0 aliphatic carbocycles. The van der Waals surface area contributed by atoms with Crippen molar-refractivity contribution in [1.82, 2.24) is 0 Å². The number of alkyl halides is 3. The molecule has 94 valence electrons. The number of halogens is 4.